The lowest BCUT2D eigenvalue weighted by atomic mass is 9.99. The molecule has 0 radical (unpaired) electrons. The Morgan fingerprint density at radius 1 is 0.920 bits per heavy atom. The van der Waals surface area contributed by atoms with Crippen molar-refractivity contribution in [3.05, 3.63) is 53.1 Å². The van der Waals surface area contributed by atoms with Crippen LogP contribution in [-0.4, -0.2) is 32.3 Å². The van der Waals surface area contributed by atoms with Gasteiger partial charge in [0.2, 0.25) is 0 Å². The van der Waals surface area contributed by atoms with Gasteiger partial charge >= 0.3 is 0 Å². The number of aliphatic hydroxyl groups is 1. The summed E-state index contributed by atoms with van der Waals surface area (Å²) >= 11 is 0. The van der Waals surface area contributed by atoms with Crippen molar-refractivity contribution < 1.29 is 25.2 Å². The summed E-state index contributed by atoms with van der Waals surface area (Å²) < 4.78 is 0. The molecule has 0 fully saturated rings. The quantitative estimate of drug-likeness (QED) is 0.552. The minimum Gasteiger partial charge on any atom is -0.508 e. The molecule has 0 aliphatic rings. The standard InChI is InChI=1S/C20H24O5/c1-13-2-3-14(10-19(13)24)4-7-16(21)12-17(22)8-5-15-6-9-18(23)20(25)11-15/h2-3,6,9-11,16,21,23-25H,4-5,7-8,12H2,1H3/t16-/m0/s1. The van der Waals surface area contributed by atoms with Crippen LogP contribution in [0.1, 0.15) is 36.0 Å². The number of hydrogen-bond acceptors (Lipinski definition) is 5. The molecule has 2 rings (SSSR count). The molecule has 0 unspecified atom stereocenters. The highest BCUT2D eigenvalue weighted by molar-refractivity contribution is 5.79. The van der Waals surface area contributed by atoms with Gasteiger partial charge in [-0.3, -0.25) is 4.79 Å². The molecule has 134 valence electrons. The minimum atomic E-state index is -0.718. The number of aromatic hydroxyl groups is 3. The SMILES string of the molecule is Cc1ccc(CC[C@H](O)CC(=O)CCc2ccc(O)c(O)c2)cc1O. The molecule has 0 spiro atoms. The third-order valence-electron chi connectivity index (χ3n) is 4.24. The average molecular weight is 344 g/mol. The molecule has 5 heteroatoms. The highest BCUT2D eigenvalue weighted by Crippen LogP contribution is 2.25. The van der Waals surface area contributed by atoms with Gasteiger partial charge < -0.3 is 20.4 Å². The monoisotopic (exact) mass is 344 g/mol. The lowest BCUT2D eigenvalue weighted by Crippen LogP contribution is -2.14. The molecule has 1 atom stereocenters. The van der Waals surface area contributed by atoms with E-state index in [-0.39, 0.29) is 35.9 Å². The Bertz CT molecular complexity index is 739. The highest BCUT2D eigenvalue weighted by Gasteiger charge is 2.12. The Balaban J connectivity index is 1.75. The molecule has 0 saturated carbocycles. The second-order valence-corrected chi connectivity index (χ2v) is 6.38. The number of carbonyl (C=O) groups is 1. The predicted molar refractivity (Wildman–Crippen MR) is 94.9 cm³/mol. The van der Waals surface area contributed by atoms with Gasteiger partial charge in [-0.15, -0.1) is 0 Å². The topological polar surface area (TPSA) is 98.0 Å². The van der Waals surface area contributed by atoms with E-state index >= 15 is 0 Å². The summed E-state index contributed by atoms with van der Waals surface area (Å²) in [5, 5.41) is 38.4. The third kappa shape index (κ3) is 5.80. The van der Waals surface area contributed by atoms with Gasteiger partial charge in [-0.1, -0.05) is 18.2 Å². The number of phenolic OH excluding ortho intramolecular Hbond substituents is 3. The second-order valence-electron chi connectivity index (χ2n) is 6.38. The van der Waals surface area contributed by atoms with Gasteiger partial charge in [0.05, 0.1) is 6.10 Å². The van der Waals surface area contributed by atoms with Gasteiger partial charge in [0, 0.05) is 12.8 Å². The third-order valence-corrected chi connectivity index (χ3v) is 4.24. The summed E-state index contributed by atoms with van der Waals surface area (Å²) in [5.74, 6) is -0.203. The smallest absolute Gasteiger partial charge is 0.157 e. The molecule has 4 N–H and O–H groups in total. The molecule has 0 amide bonds. The average Bonchev–Trinajstić information content (AvgIpc) is 2.57. The Morgan fingerprint density at radius 3 is 2.24 bits per heavy atom. The van der Waals surface area contributed by atoms with Crippen molar-refractivity contribution in [2.45, 2.75) is 45.1 Å². The Hall–Kier alpha value is -2.53. The number of carbonyl (C=O) groups excluding carboxylic acids is 1. The van der Waals surface area contributed by atoms with Gasteiger partial charge in [0.25, 0.3) is 0 Å². The van der Waals surface area contributed by atoms with Crippen LogP contribution in [-0.2, 0) is 17.6 Å². The van der Waals surface area contributed by atoms with Gasteiger partial charge in [-0.25, -0.2) is 0 Å². The van der Waals surface area contributed by atoms with Crippen molar-refractivity contribution in [3.63, 3.8) is 0 Å². The van der Waals surface area contributed by atoms with Crippen molar-refractivity contribution in [2.75, 3.05) is 0 Å². The number of benzene rings is 2. The maximum absolute atomic E-state index is 12.0. The van der Waals surface area contributed by atoms with E-state index in [1.54, 1.807) is 12.1 Å². The summed E-state index contributed by atoms with van der Waals surface area (Å²) in [4.78, 5) is 12.0. The Kier molecular flexibility index (Phi) is 6.42. The zero-order valence-electron chi connectivity index (χ0n) is 14.3. The van der Waals surface area contributed by atoms with Crippen LogP contribution in [0.4, 0.5) is 0 Å². The molecule has 0 aromatic heterocycles. The zero-order valence-corrected chi connectivity index (χ0v) is 14.3. The molecule has 0 heterocycles. The first-order chi connectivity index (χ1) is 11.8. The van der Waals surface area contributed by atoms with Crippen LogP contribution in [0.5, 0.6) is 17.2 Å². The maximum Gasteiger partial charge on any atom is 0.157 e. The normalized spacial score (nSPS) is 12.1. The van der Waals surface area contributed by atoms with Crippen LogP contribution >= 0.6 is 0 Å². The van der Waals surface area contributed by atoms with E-state index in [4.69, 9.17) is 0 Å². The first-order valence-corrected chi connectivity index (χ1v) is 8.34. The fourth-order valence-electron chi connectivity index (χ4n) is 2.62. The van der Waals surface area contributed by atoms with E-state index in [0.717, 1.165) is 16.7 Å². The van der Waals surface area contributed by atoms with Crippen molar-refractivity contribution in [2.24, 2.45) is 0 Å². The lowest BCUT2D eigenvalue weighted by molar-refractivity contribution is -0.121. The molecule has 0 aliphatic heterocycles. The van der Waals surface area contributed by atoms with Gasteiger partial charge in [-0.05, 0) is 61.1 Å². The summed E-state index contributed by atoms with van der Waals surface area (Å²) in [7, 11) is 0. The van der Waals surface area contributed by atoms with Crippen LogP contribution < -0.4 is 0 Å². The molecular formula is C20H24O5. The fraction of sp³-hybridized carbons (Fsp3) is 0.350. The molecule has 5 nitrogen and oxygen atoms in total. The fourth-order valence-corrected chi connectivity index (χ4v) is 2.62. The summed E-state index contributed by atoms with van der Waals surface area (Å²) in [6, 6.07) is 9.89. The molecule has 0 saturated heterocycles. The largest absolute Gasteiger partial charge is 0.508 e. The van der Waals surface area contributed by atoms with Crippen molar-refractivity contribution >= 4 is 5.78 Å². The van der Waals surface area contributed by atoms with E-state index in [0.29, 0.717) is 19.3 Å². The summed E-state index contributed by atoms with van der Waals surface area (Å²) in [6.07, 6.45) is 1.13. The van der Waals surface area contributed by atoms with Gasteiger partial charge in [-0.2, -0.15) is 0 Å². The van der Waals surface area contributed by atoms with Gasteiger partial charge in [0.1, 0.15) is 11.5 Å². The Labute approximate surface area is 147 Å². The van der Waals surface area contributed by atoms with E-state index in [1.165, 1.54) is 12.1 Å². The number of aryl methyl sites for hydroxylation is 3. The van der Waals surface area contributed by atoms with Crippen molar-refractivity contribution in [3.8, 4) is 17.2 Å². The molecular weight excluding hydrogens is 320 g/mol. The molecule has 25 heavy (non-hydrogen) atoms. The lowest BCUT2D eigenvalue weighted by Gasteiger charge is -2.11. The van der Waals surface area contributed by atoms with E-state index in [9.17, 15) is 25.2 Å². The number of rotatable bonds is 8. The first-order valence-electron chi connectivity index (χ1n) is 8.34. The van der Waals surface area contributed by atoms with Crippen LogP contribution in [0.3, 0.4) is 0 Å². The number of phenols is 3. The Morgan fingerprint density at radius 2 is 1.56 bits per heavy atom. The summed E-state index contributed by atoms with van der Waals surface area (Å²) in [5.41, 5.74) is 2.49. The molecule has 2 aromatic rings. The van der Waals surface area contributed by atoms with Crippen LogP contribution in [0.25, 0.3) is 0 Å². The number of Topliss-reactive ketones (excluding diaryl/α,β-unsaturated/α-hetero) is 1. The van der Waals surface area contributed by atoms with E-state index in [1.807, 2.05) is 19.1 Å². The molecule has 0 bridgehead atoms. The van der Waals surface area contributed by atoms with E-state index in [2.05, 4.69) is 0 Å². The molecule has 0 aliphatic carbocycles. The predicted octanol–water partition coefficient (Wildman–Crippen LogP) is 3.00. The number of hydrogen-bond donors (Lipinski definition) is 4. The number of ketones is 1. The maximum atomic E-state index is 12.0. The first kappa shape index (κ1) is 18.8. The summed E-state index contributed by atoms with van der Waals surface area (Å²) in [6.45, 7) is 1.82. The van der Waals surface area contributed by atoms with E-state index < -0.39 is 6.10 Å². The highest BCUT2D eigenvalue weighted by atomic mass is 16.3. The molecule has 2 aromatic carbocycles. The van der Waals surface area contributed by atoms with Crippen molar-refractivity contribution in [1.82, 2.24) is 0 Å². The zero-order chi connectivity index (χ0) is 18.4. The van der Waals surface area contributed by atoms with Crippen LogP contribution in [0.15, 0.2) is 36.4 Å². The minimum absolute atomic E-state index is 0.0492. The van der Waals surface area contributed by atoms with Crippen molar-refractivity contribution in [1.29, 1.82) is 0 Å². The second kappa shape index (κ2) is 8.53. The number of aliphatic hydroxyl groups excluding tert-OH is 1. The van der Waals surface area contributed by atoms with Crippen LogP contribution in [0, 0.1) is 6.92 Å². The van der Waals surface area contributed by atoms with Gasteiger partial charge in [0.15, 0.2) is 11.5 Å². The van der Waals surface area contributed by atoms with Crippen LogP contribution in [0.2, 0.25) is 0 Å².